The second-order valence-electron chi connectivity index (χ2n) is 20.2. The van der Waals surface area contributed by atoms with E-state index in [1.807, 2.05) is 58.0 Å². The van der Waals surface area contributed by atoms with E-state index in [4.69, 9.17) is 14.2 Å². The highest BCUT2D eigenvalue weighted by Crippen LogP contribution is 2.30. The molecular formula is C51H80N6O11. The second-order valence-corrected chi connectivity index (χ2v) is 20.2. The summed E-state index contributed by atoms with van der Waals surface area (Å²) in [5, 5.41) is 8.59. The van der Waals surface area contributed by atoms with E-state index in [0.717, 1.165) is 10.5 Å². The fraction of sp³-hybridized carbons (Fsp3) is 0.686. The van der Waals surface area contributed by atoms with Gasteiger partial charge in [0.05, 0.1) is 36.6 Å². The van der Waals surface area contributed by atoms with Crippen LogP contribution in [0.2, 0.25) is 0 Å². The summed E-state index contributed by atoms with van der Waals surface area (Å²) in [6, 6.07) is 6.39. The molecule has 0 bridgehead atoms. The molecule has 0 aromatic heterocycles. The summed E-state index contributed by atoms with van der Waals surface area (Å²) in [5.41, 5.74) is -1.29. The van der Waals surface area contributed by atoms with Gasteiger partial charge >= 0.3 is 5.97 Å². The molecule has 7 amide bonds. The van der Waals surface area contributed by atoms with Crippen molar-refractivity contribution < 1.29 is 52.6 Å². The number of rotatable bonds is 26. The van der Waals surface area contributed by atoms with E-state index < -0.39 is 71.2 Å². The van der Waals surface area contributed by atoms with Gasteiger partial charge < -0.3 is 40.0 Å². The first-order valence-electron chi connectivity index (χ1n) is 24.2. The lowest BCUT2D eigenvalue weighted by Crippen LogP contribution is -2.62. The Morgan fingerprint density at radius 1 is 0.868 bits per heavy atom. The van der Waals surface area contributed by atoms with Crippen molar-refractivity contribution in [2.24, 2.45) is 17.8 Å². The molecule has 3 rings (SSSR count). The first kappa shape index (κ1) is 57.2. The van der Waals surface area contributed by atoms with Crippen LogP contribution in [-0.2, 0) is 59.0 Å². The monoisotopic (exact) mass is 953 g/mol. The Bertz CT molecular complexity index is 1910. The Morgan fingerprint density at radius 2 is 1.50 bits per heavy atom. The third-order valence-corrected chi connectivity index (χ3v) is 13.0. The molecule has 0 radical (unpaired) electrons. The third-order valence-electron chi connectivity index (χ3n) is 13.0. The SMILES string of the molecule is CC[C@H](C)[C@@H]([C@@H](CC(=O)N1CCC[C@H]1[C@H](OC)[C@@H](C)C(=O)N[C@@H](Cc1ccccc1)C(=O)OC(C)(C)C)OC)N(C)C(=O)[C@@H](NC(=O)C(C)(C)NC(=O)CCCCCN1C(=O)C=CC1=O)C(C)C. The van der Waals surface area contributed by atoms with E-state index in [9.17, 15) is 38.4 Å². The molecule has 0 spiro atoms. The largest absolute Gasteiger partial charge is 0.458 e. The minimum Gasteiger partial charge on any atom is -0.458 e. The van der Waals surface area contributed by atoms with Crippen LogP contribution in [0.4, 0.5) is 0 Å². The van der Waals surface area contributed by atoms with Crippen molar-refractivity contribution in [3.63, 3.8) is 0 Å². The van der Waals surface area contributed by atoms with Gasteiger partial charge in [0.15, 0.2) is 0 Å². The number of hydrogen-bond acceptors (Lipinski definition) is 11. The Morgan fingerprint density at radius 3 is 2.06 bits per heavy atom. The topological polar surface area (TPSA) is 210 Å². The smallest absolute Gasteiger partial charge is 0.329 e. The Kier molecular flexibility index (Phi) is 21.9. The van der Waals surface area contributed by atoms with Gasteiger partial charge in [-0.15, -0.1) is 0 Å². The lowest BCUT2D eigenvalue weighted by atomic mass is 9.89. The molecule has 0 aliphatic carbocycles. The van der Waals surface area contributed by atoms with Crippen molar-refractivity contribution in [1.82, 2.24) is 30.7 Å². The van der Waals surface area contributed by atoms with Crippen LogP contribution < -0.4 is 16.0 Å². The van der Waals surface area contributed by atoms with Gasteiger partial charge in [0.25, 0.3) is 11.8 Å². The van der Waals surface area contributed by atoms with Crippen LogP contribution in [0.25, 0.3) is 0 Å². The number of imide groups is 1. The summed E-state index contributed by atoms with van der Waals surface area (Å²) in [5.74, 6) is -4.40. The zero-order chi connectivity index (χ0) is 51.1. The molecule has 1 aromatic carbocycles. The molecule has 380 valence electrons. The maximum atomic E-state index is 14.5. The van der Waals surface area contributed by atoms with Crippen LogP contribution in [0, 0.1) is 17.8 Å². The molecule has 0 unspecified atom stereocenters. The number of carbonyl (C=O) groups is 8. The number of likely N-dealkylation sites (tertiary alicyclic amines) is 1. The number of hydrogen-bond donors (Lipinski definition) is 3. The summed E-state index contributed by atoms with van der Waals surface area (Å²) in [6.45, 7) is 18.5. The number of ether oxygens (including phenoxy) is 3. The number of esters is 1. The normalized spacial score (nSPS) is 18.4. The average Bonchev–Trinajstić information content (AvgIpc) is 3.89. The number of benzene rings is 1. The quantitative estimate of drug-likeness (QED) is 0.0669. The molecule has 2 heterocycles. The van der Waals surface area contributed by atoms with Crippen LogP contribution in [-0.4, -0.2) is 144 Å². The fourth-order valence-corrected chi connectivity index (χ4v) is 8.93. The predicted molar refractivity (Wildman–Crippen MR) is 257 cm³/mol. The van der Waals surface area contributed by atoms with E-state index in [2.05, 4.69) is 16.0 Å². The summed E-state index contributed by atoms with van der Waals surface area (Å²) in [4.78, 5) is 111. The highest BCUT2D eigenvalue weighted by Gasteiger charge is 2.44. The molecule has 2 aliphatic rings. The van der Waals surface area contributed by atoms with Crippen molar-refractivity contribution in [1.29, 1.82) is 0 Å². The number of nitrogens with one attached hydrogen (secondary N) is 3. The Labute approximate surface area is 404 Å². The fourth-order valence-electron chi connectivity index (χ4n) is 8.93. The molecule has 1 aromatic rings. The Balaban J connectivity index is 1.70. The molecule has 1 fully saturated rings. The summed E-state index contributed by atoms with van der Waals surface area (Å²) in [6.07, 6.45) is 4.85. The van der Waals surface area contributed by atoms with E-state index in [1.165, 1.54) is 26.4 Å². The number of likely N-dealkylation sites (N-methyl/N-ethyl adjacent to an activating group) is 1. The zero-order valence-corrected chi connectivity index (χ0v) is 42.8. The first-order chi connectivity index (χ1) is 31.9. The minimum absolute atomic E-state index is 0.0715. The lowest BCUT2D eigenvalue weighted by molar-refractivity contribution is -0.159. The van der Waals surface area contributed by atoms with Crippen LogP contribution in [0.15, 0.2) is 42.5 Å². The molecule has 1 saturated heterocycles. The third kappa shape index (κ3) is 16.2. The lowest BCUT2D eigenvalue weighted by Gasteiger charge is -2.41. The van der Waals surface area contributed by atoms with Gasteiger partial charge in [-0.05, 0) is 77.7 Å². The van der Waals surface area contributed by atoms with Crippen LogP contribution in [0.3, 0.4) is 0 Å². The van der Waals surface area contributed by atoms with E-state index in [0.29, 0.717) is 45.1 Å². The summed E-state index contributed by atoms with van der Waals surface area (Å²) >= 11 is 0. The minimum atomic E-state index is -1.37. The average molecular weight is 953 g/mol. The van der Waals surface area contributed by atoms with Crippen LogP contribution in [0.5, 0.6) is 0 Å². The summed E-state index contributed by atoms with van der Waals surface area (Å²) in [7, 11) is 4.67. The molecule has 68 heavy (non-hydrogen) atoms. The molecule has 8 atom stereocenters. The summed E-state index contributed by atoms with van der Waals surface area (Å²) < 4.78 is 17.7. The molecule has 17 nitrogen and oxygen atoms in total. The number of unbranched alkanes of at least 4 members (excludes halogenated alkanes) is 2. The van der Waals surface area contributed by atoms with Crippen molar-refractivity contribution in [3.8, 4) is 0 Å². The van der Waals surface area contributed by atoms with Crippen molar-refractivity contribution >= 4 is 47.3 Å². The van der Waals surface area contributed by atoms with Gasteiger partial charge in [-0.1, -0.05) is 77.8 Å². The van der Waals surface area contributed by atoms with E-state index >= 15 is 0 Å². The van der Waals surface area contributed by atoms with E-state index in [-0.39, 0.29) is 67.2 Å². The highest BCUT2D eigenvalue weighted by molar-refractivity contribution is 6.12. The molecule has 3 N–H and O–H groups in total. The van der Waals surface area contributed by atoms with Gasteiger partial charge in [0.2, 0.25) is 29.5 Å². The molecule has 17 heteroatoms. The molecule has 2 aliphatic heterocycles. The Hall–Kier alpha value is -5.16. The number of methoxy groups -OCH3 is 2. The van der Waals surface area contributed by atoms with Gasteiger partial charge in [-0.2, -0.15) is 0 Å². The van der Waals surface area contributed by atoms with Crippen LogP contribution >= 0.6 is 0 Å². The van der Waals surface area contributed by atoms with Gasteiger partial charge in [-0.25, -0.2) is 4.79 Å². The van der Waals surface area contributed by atoms with Gasteiger partial charge in [0, 0.05) is 59.4 Å². The van der Waals surface area contributed by atoms with Crippen molar-refractivity contribution in [2.45, 2.75) is 175 Å². The van der Waals surface area contributed by atoms with Crippen molar-refractivity contribution in [3.05, 3.63) is 48.0 Å². The molecular weight excluding hydrogens is 873 g/mol. The first-order valence-corrected chi connectivity index (χ1v) is 24.2. The number of carbonyl (C=O) groups excluding carboxylic acids is 8. The molecule has 0 saturated carbocycles. The predicted octanol–water partition coefficient (Wildman–Crippen LogP) is 4.50. The standard InChI is InChI=1S/C51H80N6O11/c1-14-33(4)44(55(11)47(63)43(32(2)3)53-49(65)51(9,10)54-39(58)25-19-16-20-28-57-40(59)26-27-41(57)60)38(66-12)31-42(61)56-29-21-24-37(56)45(67-13)34(5)46(62)52-36(48(64)68-50(6,7)8)30-35-22-17-15-18-23-35/h15,17-18,22-23,26-27,32-34,36-38,43-45H,14,16,19-21,24-25,28-31H2,1-13H3,(H,52,62)(H,53,65)(H,54,58)/t33-,34+,36-,37-,38+,43-,44-,45+/m0/s1. The second kappa shape index (κ2) is 26.0. The van der Waals surface area contributed by atoms with Gasteiger partial charge in [-0.3, -0.25) is 38.5 Å². The van der Waals surface area contributed by atoms with Crippen molar-refractivity contribution in [2.75, 3.05) is 34.4 Å². The maximum Gasteiger partial charge on any atom is 0.329 e. The highest BCUT2D eigenvalue weighted by atomic mass is 16.6. The zero-order valence-electron chi connectivity index (χ0n) is 42.8. The number of amides is 7. The van der Waals surface area contributed by atoms with E-state index in [1.54, 1.807) is 58.4 Å². The number of nitrogens with zero attached hydrogens (tertiary/aromatic N) is 3. The van der Waals surface area contributed by atoms with Crippen LogP contribution in [0.1, 0.15) is 126 Å². The van der Waals surface area contributed by atoms with Gasteiger partial charge in [0.1, 0.15) is 23.2 Å². The maximum absolute atomic E-state index is 14.5.